The zero-order chi connectivity index (χ0) is 28.0. The Kier molecular flexibility index (Phi) is 9.00. The van der Waals surface area contributed by atoms with Crippen LogP contribution in [-0.4, -0.2) is 62.9 Å². The number of piperazine rings is 1. The number of benzene rings is 4. The molecule has 0 bridgehead atoms. The molecule has 1 heterocycles. The molecule has 1 atom stereocenters. The number of nitrogens with zero attached hydrogens (tertiary/aromatic N) is 3. The van der Waals surface area contributed by atoms with Gasteiger partial charge in [-0.05, 0) is 60.9 Å². The fourth-order valence-electron chi connectivity index (χ4n) is 5.68. The van der Waals surface area contributed by atoms with Crippen molar-refractivity contribution in [2.75, 3.05) is 44.2 Å². The summed E-state index contributed by atoms with van der Waals surface area (Å²) in [5.74, 6) is 0. The minimum atomic E-state index is -3.65. The topological polar surface area (TPSA) is 43.9 Å². The summed E-state index contributed by atoms with van der Waals surface area (Å²) < 4.78 is 29.9. The molecule has 5 nitrogen and oxygen atoms in total. The Hall–Kier alpha value is -3.45. The molecule has 0 radical (unpaired) electrons. The number of anilines is 1. The third-order valence-electron chi connectivity index (χ3n) is 8.00. The average Bonchev–Trinajstić information content (AvgIpc) is 3.02. The van der Waals surface area contributed by atoms with E-state index in [-0.39, 0.29) is 6.04 Å². The Morgan fingerprint density at radius 3 is 1.93 bits per heavy atom. The van der Waals surface area contributed by atoms with Crippen LogP contribution in [0.4, 0.5) is 5.69 Å². The molecule has 208 valence electrons. The molecule has 0 saturated carbocycles. The van der Waals surface area contributed by atoms with Crippen molar-refractivity contribution in [1.29, 1.82) is 0 Å². The lowest BCUT2D eigenvalue weighted by Gasteiger charge is -2.42. The molecule has 0 aliphatic carbocycles. The van der Waals surface area contributed by atoms with Crippen molar-refractivity contribution in [3.63, 3.8) is 0 Å². The van der Waals surface area contributed by atoms with Gasteiger partial charge in [0.2, 0.25) is 10.0 Å². The van der Waals surface area contributed by atoms with Gasteiger partial charge < -0.3 is 9.80 Å². The zero-order valence-corrected chi connectivity index (χ0v) is 24.3. The smallest absolute Gasteiger partial charge is 0.243 e. The number of rotatable bonds is 10. The predicted molar refractivity (Wildman–Crippen MR) is 166 cm³/mol. The lowest BCUT2D eigenvalue weighted by Crippen LogP contribution is -2.56. The van der Waals surface area contributed by atoms with Crippen LogP contribution in [0.2, 0.25) is 0 Å². The van der Waals surface area contributed by atoms with Gasteiger partial charge in [0.1, 0.15) is 0 Å². The van der Waals surface area contributed by atoms with Gasteiger partial charge in [-0.2, -0.15) is 4.31 Å². The molecule has 4 aromatic rings. The molecular formula is C34H39N3O2S. The minimum Gasteiger partial charge on any atom is -0.368 e. The molecular weight excluding hydrogens is 514 g/mol. The van der Waals surface area contributed by atoms with Gasteiger partial charge in [0, 0.05) is 36.9 Å². The molecule has 1 saturated heterocycles. The number of sulfonamides is 1. The number of para-hydroxylation sites is 1. The van der Waals surface area contributed by atoms with Crippen LogP contribution in [0.1, 0.15) is 20.3 Å². The predicted octanol–water partition coefficient (Wildman–Crippen LogP) is 6.63. The highest BCUT2D eigenvalue weighted by molar-refractivity contribution is 7.89. The van der Waals surface area contributed by atoms with Crippen LogP contribution in [0.5, 0.6) is 0 Å². The van der Waals surface area contributed by atoms with Crippen molar-refractivity contribution in [1.82, 2.24) is 9.21 Å². The number of hydrogen-bond acceptors (Lipinski definition) is 4. The maximum atomic E-state index is 14.1. The van der Waals surface area contributed by atoms with Gasteiger partial charge >= 0.3 is 0 Å². The summed E-state index contributed by atoms with van der Waals surface area (Å²) in [6.07, 6.45) is 0.785. The van der Waals surface area contributed by atoms with E-state index in [0.29, 0.717) is 24.5 Å². The first kappa shape index (κ1) is 28.1. The Bertz CT molecular complexity index is 1470. The first-order chi connectivity index (χ1) is 19.5. The highest BCUT2D eigenvalue weighted by Crippen LogP contribution is 2.34. The lowest BCUT2D eigenvalue weighted by molar-refractivity contribution is 0.228. The molecule has 1 aliphatic rings. The van der Waals surface area contributed by atoms with Crippen molar-refractivity contribution >= 4 is 15.7 Å². The summed E-state index contributed by atoms with van der Waals surface area (Å²) in [4.78, 5) is 5.11. The molecule has 0 aromatic heterocycles. The maximum absolute atomic E-state index is 14.1. The van der Waals surface area contributed by atoms with E-state index in [1.165, 1.54) is 11.1 Å². The first-order valence-electron chi connectivity index (χ1n) is 14.3. The van der Waals surface area contributed by atoms with Gasteiger partial charge in [0.15, 0.2) is 0 Å². The lowest BCUT2D eigenvalue weighted by atomic mass is 10.0. The van der Waals surface area contributed by atoms with Crippen LogP contribution in [0.15, 0.2) is 114 Å². The van der Waals surface area contributed by atoms with Crippen LogP contribution in [-0.2, 0) is 10.0 Å². The van der Waals surface area contributed by atoms with Gasteiger partial charge in [0.25, 0.3) is 0 Å². The molecule has 1 aliphatic heterocycles. The van der Waals surface area contributed by atoms with Crippen molar-refractivity contribution in [2.24, 2.45) is 0 Å². The Balaban J connectivity index is 1.43. The summed E-state index contributed by atoms with van der Waals surface area (Å²) in [7, 11) is -3.65. The van der Waals surface area contributed by atoms with Gasteiger partial charge in [-0.15, -0.1) is 0 Å². The van der Waals surface area contributed by atoms with Crippen LogP contribution in [0.25, 0.3) is 22.3 Å². The molecule has 5 rings (SSSR count). The van der Waals surface area contributed by atoms with Crippen LogP contribution < -0.4 is 4.90 Å². The van der Waals surface area contributed by atoms with Crippen LogP contribution >= 0.6 is 0 Å². The van der Waals surface area contributed by atoms with Gasteiger partial charge in [-0.1, -0.05) is 105 Å². The second-order valence-electron chi connectivity index (χ2n) is 10.3. The first-order valence-corrected chi connectivity index (χ1v) is 15.7. The monoisotopic (exact) mass is 553 g/mol. The van der Waals surface area contributed by atoms with Crippen LogP contribution in [0.3, 0.4) is 0 Å². The highest BCUT2D eigenvalue weighted by atomic mass is 32.2. The molecule has 1 unspecified atom stereocenters. The van der Waals surface area contributed by atoms with Gasteiger partial charge in [-0.3, -0.25) is 0 Å². The van der Waals surface area contributed by atoms with E-state index in [2.05, 4.69) is 72.2 Å². The zero-order valence-electron chi connectivity index (χ0n) is 23.5. The third kappa shape index (κ3) is 6.15. The summed E-state index contributed by atoms with van der Waals surface area (Å²) in [5.41, 5.74) is 5.60. The van der Waals surface area contributed by atoms with E-state index in [1.54, 1.807) is 16.4 Å². The Morgan fingerprint density at radius 2 is 1.27 bits per heavy atom. The summed E-state index contributed by atoms with van der Waals surface area (Å²) in [6, 6.07) is 36.2. The van der Waals surface area contributed by atoms with E-state index >= 15 is 0 Å². The average molecular weight is 554 g/mol. The van der Waals surface area contributed by atoms with E-state index in [0.717, 1.165) is 42.9 Å². The second-order valence-corrected chi connectivity index (χ2v) is 12.2. The summed E-state index contributed by atoms with van der Waals surface area (Å²) in [5, 5.41) is 0. The second kappa shape index (κ2) is 12.8. The highest BCUT2D eigenvalue weighted by Gasteiger charge is 2.36. The summed E-state index contributed by atoms with van der Waals surface area (Å²) >= 11 is 0. The molecule has 40 heavy (non-hydrogen) atoms. The molecule has 6 heteroatoms. The van der Waals surface area contributed by atoms with Crippen LogP contribution in [0, 0.1) is 0 Å². The Labute approximate surface area is 239 Å². The molecule has 1 fully saturated rings. The van der Waals surface area contributed by atoms with Crippen molar-refractivity contribution in [2.45, 2.75) is 31.2 Å². The molecule has 0 spiro atoms. The van der Waals surface area contributed by atoms with Crippen molar-refractivity contribution in [3.8, 4) is 22.3 Å². The standard InChI is InChI=1S/C34H39N3O2S/c1-3-35(4-2)24-23-31-27-36(34-18-12-11-17-33(34)30-15-9-6-10-16-30)25-26-37(31)40(38,39)32-21-19-29(20-22-32)28-13-7-5-8-14-28/h5-22,31H,3-4,23-27H2,1-2H3. The van der Waals surface area contributed by atoms with Gasteiger partial charge in [0.05, 0.1) is 4.90 Å². The Morgan fingerprint density at radius 1 is 0.700 bits per heavy atom. The molecule has 4 aromatic carbocycles. The maximum Gasteiger partial charge on any atom is 0.243 e. The summed E-state index contributed by atoms with van der Waals surface area (Å²) in [6.45, 7) is 8.86. The quantitative estimate of drug-likeness (QED) is 0.221. The van der Waals surface area contributed by atoms with E-state index in [1.807, 2.05) is 48.5 Å². The fourth-order valence-corrected chi connectivity index (χ4v) is 7.31. The molecule has 0 N–H and O–H groups in total. The SMILES string of the molecule is CCN(CC)CCC1CN(c2ccccc2-c2ccccc2)CCN1S(=O)(=O)c1ccc(-c2ccccc2)cc1. The van der Waals surface area contributed by atoms with Crippen molar-refractivity contribution in [3.05, 3.63) is 109 Å². The third-order valence-corrected chi connectivity index (χ3v) is 9.97. The fraction of sp³-hybridized carbons (Fsp3) is 0.294. The minimum absolute atomic E-state index is 0.128. The van der Waals surface area contributed by atoms with E-state index in [4.69, 9.17) is 0 Å². The largest absolute Gasteiger partial charge is 0.368 e. The van der Waals surface area contributed by atoms with Crippen molar-refractivity contribution < 1.29 is 8.42 Å². The van der Waals surface area contributed by atoms with E-state index in [9.17, 15) is 8.42 Å². The van der Waals surface area contributed by atoms with Gasteiger partial charge in [-0.25, -0.2) is 8.42 Å². The normalized spacial score (nSPS) is 16.4. The number of hydrogen-bond donors (Lipinski definition) is 0. The molecule has 0 amide bonds. The van der Waals surface area contributed by atoms with E-state index < -0.39 is 10.0 Å².